The lowest BCUT2D eigenvalue weighted by molar-refractivity contribution is -0.384. The summed E-state index contributed by atoms with van der Waals surface area (Å²) >= 11 is 1.52. The third-order valence-electron chi connectivity index (χ3n) is 4.13. The number of carbonyl (C=O) groups is 2. The van der Waals surface area contributed by atoms with Crippen LogP contribution in [-0.4, -0.2) is 35.5 Å². The highest BCUT2D eigenvalue weighted by Gasteiger charge is 2.15. The van der Waals surface area contributed by atoms with Gasteiger partial charge < -0.3 is 19.5 Å². The van der Waals surface area contributed by atoms with Gasteiger partial charge >= 0.3 is 5.97 Å². The van der Waals surface area contributed by atoms with Crippen molar-refractivity contribution >= 4 is 34.6 Å². The van der Waals surface area contributed by atoms with Crippen LogP contribution in [0.15, 0.2) is 47.8 Å². The average molecular weight is 457 g/mol. The van der Waals surface area contributed by atoms with Crippen LogP contribution >= 0.6 is 11.3 Å². The fourth-order valence-corrected chi connectivity index (χ4v) is 3.24. The summed E-state index contributed by atoms with van der Waals surface area (Å²) < 4.78 is 15.8. The Morgan fingerprint density at radius 2 is 2.03 bits per heavy atom. The standard InChI is InChI=1S/C21H19N3O7S/c1-13-22-15(12-32-13)10-30-17-5-3-4-14(8-17)21(26)31-11-20(25)23-18-7-6-16(24(27)28)9-19(18)29-2/h3-9,12H,10-11H2,1-2H3,(H,23,25). The van der Waals surface area contributed by atoms with E-state index in [-0.39, 0.29) is 29.3 Å². The van der Waals surface area contributed by atoms with Crippen molar-refractivity contribution in [1.29, 1.82) is 0 Å². The number of ether oxygens (including phenoxy) is 3. The molecule has 0 spiro atoms. The van der Waals surface area contributed by atoms with E-state index in [1.54, 1.807) is 18.2 Å². The maximum absolute atomic E-state index is 12.3. The van der Waals surface area contributed by atoms with Crippen molar-refractivity contribution < 1.29 is 28.7 Å². The molecule has 0 aliphatic rings. The predicted octanol–water partition coefficient (Wildman–Crippen LogP) is 3.74. The number of non-ortho nitro benzene ring substituents is 1. The summed E-state index contributed by atoms with van der Waals surface area (Å²) in [7, 11) is 1.32. The highest BCUT2D eigenvalue weighted by molar-refractivity contribution is 7.09. The molecule has 10 nitrogen and oxygen atoms in total. The second-order valence-corrected chi connectivity index (χ2v) is 7.50. The minimum Gasteiger partial charge on any atom is -0.494 e. The second kappa shape index (κ2) is 10.4. The summed E-state index contributed by atoms with van der Waals surface area (Å²) in [6.45, 7) is 1.61. The zero-order valence-corrected chi connectivity index (χ0v) is 18.0. The zero-order chi connectivity index (χ0) is 23.1. The van der Waals surface area contributed by atoms with Gasteiger partial charge in [0.1, 0.15) is 18.1 Å². The molecule has 0 atom stereocenters. The van der Waals surface area contributed by atoms with E-state index in [1.807, 2.05) is 12.3 Å². The molecule has 0 aliphatic heterocycles. The first-order valence-corrected chi connectivity index (χ1v) is 10.2. The molecule has 11 heteroatoms. The van der Waals surface area contributed by atoms with Crippen LogP contribution in [0.4, 0.5) is 11.4 Å². The number of benzene rings is 2. The Hall–Kier alpha value is -3.99. The van der Waals surface area contributed by atoms with Gasteiger partial charge in [-0.3, -0.25) is 14.9 Å². The molecule has 3 rings (SSSR count). The summed E-state index contributed by atoms with van der Waals surface area (Å²) in [5, 5.41) is 16.2. The molecule has 0 saturated carbocycles. The van der Waals surface area contributed by atoms with Gasteiger partial charge in [0, 0.05) is 11.4 Å². The van der Waals surface area contributed by atoms with Crippen LogP contribution < -0.4 is 14.8 Å². The van der Waals surface area contributed by atoms with E-state index >= 15 is 0 Å². The summed E-state index contributed by atoms with van der Waals surface area (Å²) in [6, 6.07) is 10.1. The molecular weight excluding hydrogens is 438 g/mol. The highest BCUT2D eigenvalue weighted by atomic mass is 32.1. The van der Waals surface area contributed by atoms with Gasteiger partial charge in [0.05, 0.1) is 40.1 Å². The Kier molecular flexibility index (Phi) is 7.34. The molecule has 2 aromatic carbocycles. The average Bonchev–Trinajstić information content (AvgIpc) is 3.21. The van der Waals surface area contributed by atoms with Crippen LogP contribution in [0.5, 0.6) is 11.5 Å². The van der Waals surface area contributed by atoms with Gasteiger partial charge in [-0.25, -0.2) is 9.78 Å². The Labute approximate surface area is 186 Å². The molecule has 1 aromatic heterocycles. The van der Waals surface area contributed by atoms with Gasteiger partial charge in [0.2, 0.25) is 0 Å². The first-order chi connectivity index (χ1) is 15.4. The maximum Gasteiger partial charge on any atom is 0.338 e. The number of anilines is 1. The molecule has 1 heterocycles. The van der Waals surface area contributed by atoms with E-state index in [0.29, 0.717) is 5.75 Å². The number of hydrogen-bond acceptors (Lipinski definition) is 9. The highest BCUT2D eigenvalue weighted by Crippen LogP contribution is 2.29. The fourth-order valence-electron chi connectivity index (χ4n) is 2.64. The smallest absolute Gasteiger partial charge is 0.338 e. The number of carbonyl (C=O) groups excluding carboxylic acids is 2. The van der Waals surface area contributed by atoms with Gasteiger partial charge in [-0.1, -0.05) is 6.07 Å². The third kappa shape index (κ3) is 6.01. The lowest BCUT2D eigenvalue weighted by atomic mass is 10.2. The number of nitrogens with one attached hydrogen (secondary N) is 1. The van der Waals surface area contributed by atoms with Crippen LogP contribution in [0.2, 0.25) is 0 Å². The molecule has 0 fully saturated rings. The molecule has 32 heavy (non-hydrogen) atoms. The van der Waals surface area contributed by atoms with Crippen molar-refractivity contribution in [1.82, 2.24) is 4.98 Å². The molecule has 3 aromatic rings. The van der Waals surface area contributed by atoms with Gasteiger partial charge in [-0.15, -0.1) is 11.3 Å². The van der Waals surface area contributed by atoms with E-state index in [4.69, 9.17) is 14.2 Å². The molecule has 166 valence electrons. The Bertz CT molecular complexity index is 1150. The minimum absolute atomic E-state index is 0.110. The molecule has 0 radical (unpaired) electrons. The monoisotopic (exact) mass is 457 g/mol. The second-order valence-electron chi connectivity index (χ2n) is 6.44. The van der Waals surface area contributed by atoms with E-state index in [0.717, 1.165) is 10.7 Å². The first-order valence-electron chi connectivity index (χ1n) is 9.29. The van der Waals surface area contributed by atoms with Gasteiger partial charge in [0.25, 0.3) is 11.6 Å². The number of nitro benzene ring substituents is 1. The third-order valence-corrected chi connectivity index (χ3v) is 4.95. The zero-order valence-electron chi connectivity index (χ0n) is 17.2. The number of esters is 1. The number of nitro groups is 1. The molecular formula is C21H19N3O7S. The number of nitrogens with zero attached hydrogens (tertiary/aromatic N) is 2. The largest absolute Gasteiger partial charge is 0.494 e. The summed E-state index contributed by atoms with van der Waals surface area (Å²) in [4.78, 5) is 39.0. The molecule has 1 amide bonds. The van der Waals surface area contributed by atoms with Gasteiger partial charge in [-0.2, -0.15) is 0 Å². The van der Waals surface area contributed by atoms with Gasteiger partial charge in [-0.05, 0) is 31.2 Å². The molecule has 1 N–H and O–H groups in total. The molecule has 0 unspecified atom stereocenters. The fraction of sp³-hybridized carbons (Fsp3) is 0.190. The first kappa shape index (κ1) is 22.7. The predicted molar refractivity (Wildman–Crippen MR) is 116 cm³/mol. The lowest BCUT2D eigenvalue weighted by Crippen LogP contribution is -2.21. The van der Waals surface area contributed by atoms with Crippen molar-refractivity contribution in [3.63, 3.8) is 0 Å². The van der Waals surface area contributed by atoms with Crippen molar-refractivity contribution in [3.05, 3.63) is 74.2 Å². The summed E-state index contributed by atoms with van der Waals surface area (Å²) in [5.74, 6) is -0.758. The topological polar surface area (TPSA) is 130 Å². The number of aromatic nitrogens is 1. The lowest BCUT2D eigenvalue weighted by Gasteiger charge is -2.11. The normalized spacial score (nSPS) is 10.3. The number of methoxy groups -OCH3 is 1. The Morgan fingerprint density at radius 3 is 2.72 bits per heavy atom. The Balaban J connectivity index is 1.55. The van der Waals surface area contributed by atoms with Crippen LogP contribution in [0, 0.1) is 17.0 Å². The quantitative estimate of drug-likeness (QED) is 0.292. The minimum atomic E-state index is -0.703. The van der Waals surface area contributed by atoms with Crippen LogP contribution in [0.3, 0.4) is 0 Å². The van der Waals surface area contributed by atoms with Crippen molar-refractivity contribution in [2.75, 3.05) is 19.0 Å². The number of rotatable bonds is 9. The van der Waals surface area contributed by atoms with Crippen molar-refractivity contribution in [3.8, 4) is 11.5 Å². The van der Waals surface area contributed by atoms with E-state index in [2.05, 4.69) is 10.3 Å². The van der Waals surface area contributed by atoms with Crippen LogP contribution in [-0.2, 0) is 16.1 Å². The van der Waals surface area contributed by atoms with Crippen molar-refractivity contribution in [2.24, 2.45) is 0 Å². The maximum atomic E-state index is 12.3. The molecule has 0 saturated heterocycles. The van der Waals surface area contributed by atoms with Crippen LogP contribution in [0.1, 0.15) is 21.1 Å². The summed E-state index contributed by atoms with van der Waals surface area (Å²) in [6.07, 6.45) is 0. The van der Waals surface area contributed by atoms with Crippen molar-refractivity contribution in [2.45, 2.75) is 13.5 Å². The molecule has 0 bridgehead atoms. The van der Waals surface area contributed by atoms with E-state index in [9.17, 15) is 19.7 Å². The number of aryl methyl sites for hydroxylation is 1. The number of amides is 1. The number of thiazole rings is 1. The van der Waals surface area contributed by atoms with E-state index < -0.39 is 23.4 Å². The molecule has 0 aliphatic carbocycles. The van der Waals surface area contributed by atoms with Gasteiger partial charge in [0.15, 0.2) is 6.61 Å². The Morgan fingerprint density at radius 1 is 1.22 bits per heavy atom. The van der Waals surface area contributed by atoms with E-state index in [1.165, 1.54) is 42.7 Å². The number of hydrogen-bond donors (Lipinski definition) is 1. The van der Waals surface area contributed by atoms with Crippen LogP contribution in [0.25, 0.3) is 0 Å². The SMILES string of the molecule is COc1cc([N+](=O)[O-])ccc1NC(=O)COC(=O)c1cccc(OCc2csc(C)n2)c1. The summed E-state index contributed by atoms with van der Waals surface area (Å²) in [5.41, 5.74) is 1.04.